The van der Waals surface area contributed by atoms with Crippen LogP contribution < -0.4 is 0 Å². The van der Waals surface area contributed by atoms with E-state index in [2.05, 4.69) is 0 Å². The minimum Gasteiger partial charge on any atom is -0.393 e. The summed E-state index contributed by atoms with van der Waals surface area (Å²) >= 11 is 0. The predicted octanol–water partition coefficient (Wildman–Crippen LogP) is 1.72. The molecule has 2 unspecified atom stereocenters. The fraction of sp³-hybridized carbons (Fsp3) is 0.462. The van der Waals surface area contributed by atoms with Crippen molar-refractivity contribution in [1.29, 1.82) is 0 Å². The lowest BCUT2D eigenvalue weighted by molar-refractivity contribution is -0.387. The zero-order chi connectivity index (χ0) is 15.7. The Morgan fingerprint density at radius 2 is 2.10 bits per heavy atom. The van der Waals surface area contributed by atoms with E-state index in [1.165, 1.54) is 4.90 Å². The van der Waals surface area contributed by atoms with Gasteiger partial charge in [-0.15, -0.1) is 0 Å². The number of aliphatic hydroxyl groups excluding tert-OH is 1. The van der Waals surface area contributed by atoms with E-state index in [4.69, 9.17) is 0 Å². The second kappa shape index (κ2) is 5.72. The molecule has 1 N–H and O–H groups in total. The number of benzene rings is 1. The van der Waals surface area contributed by atoms with E-state index in [-0.39, 0.29) is 19.0 Å². The van der Waals surface area contributed by atoms with Gasteiger partial charge in [0.1, 0.15) is 5.82 Å². The van der Waals surface area contributed by atoms with E-state index in [0.717, 1.165) is 0 Å². The summed E-state index contributed by atoms with van der Waals surface area (Å²) < 4.78 is 27.0. The van der Waals surface area contributed by atoms with Gasteiger partial charge in [0, 0.05) is 25.2 Å². The number of rotatable bonds is 2. The lowest BCUT2D eigenvalue weighted by atomic mass is 9.96. The van der Waals surface area contributed by atoms with Crippen LogP contribution in [0.1, 0.15) is 23.7 Å². The molecule has 0 aliphatic carbocycles. The van der Waals surface area contributed by atoms with E-state index in [0.29, 0.717) is 18.6 Å². The predicted molar refractivity (Wildman–Crippen MR) is 68.7 cm³/mol. The standard InChI is InChI=1S/C13H14F2N2O4/c1-7-6-16(3-2-12(7)18)13(19)8-4-11(17(20)21)10(15)5-9(8)14/h4-5,7,12,18H,2-3,6H2,1H3. The molecule has 2 atom stereocenters. The maximum Gasteiger partial charge on any atom is 0.305 e. The fourth-order valence-corrected chi connectivity index (χ4v) is 2.33. The third-order valence-corrected chi connectivity index (χ3v) is 3.61. The maximum absolute atomic E-state index is 13.7. The average molecular weight is 300 g/mol. The van der Waals surface area contributed by atoms with Crippen LogP contribution in [-0.4, -0.2) is 40.0 Å². The first-order chi connectivity index (χ1) is 9.81. The summed E-state index contributed by atoms with van der Waals surface area (Å²) in [6.45, 7) is 2.17. The molecule has 0 aromatic heterocycles. The van der Waals surface area contributed by atoms with Crippen LogP contribution in [0.2, 0.25) is 0 Å². The molecule has 6 nitrogen and oxygen atoms in total. The molecule has 1 aliphatic heterocycles. The summed E-state index contributed by atoms with van der Waals surface area (Å²) in [4.78, 5) is 23.2. The first-order valence-corrected chi connectivity index (χ1v) is 6.42. The van der Waals surface area contributed by atoms with Gasteiger partial charge in [0.05, 0.1) is 16.6 Å². The van der Waals surface area contributed by atoms with E-state index in [1.807, 2.05) is 0 Å². The molecule has 2 rings (SSSR count). The highest BCUT2D eigenvalue weighted by atomic mass is 19.1. The van der Waals surface area contributed by atoms with Gasteiger partial charge in [-0.05, 0) is 12.3 Å². The van der Waals surface area contributed by atoms with Gasteiger partial charge in [0.25, 0.3) is 5.91 Å². The van der Waals surface area contributed by atoms with Crippen molar-refractivity contribution in [1.82, 2.24) is 4.90 Å². The Balaban J connectivity index is 2.31. The van der Waals surface area contributed by atoms with Gasteiger partial charge in [0.2, 0.25) is 5.82 Å². The summed E-state index contributed by atoms with van der Waals surface area (Å²) in [6, 6.07) is 0.955. The molecule has 1 heterocycles. The minimum atomic E-state index is -1.32. The molecule has 1 fully saturated rings. The minimum absolute atomic E-state index is 0.179. The average Bonchev–Trinajstić information content (AvgIpc) is 2.41. The Hall–Kier alpha value is -2.09. The Morgan fingerprint density at radius 3 is 2.67 bits per heavy atom. The normalized spacial score (nSPS) is 22.2. The van der Waals surface area contributed by atoms with Crippen LogP contribution in [0.3, 0.4) is 0 Å². The second-order valence-corrected chi connectivity index (χ2v) is 5.13. The number of amides is 1. The molecule has 0 radical (unpaired) electrons. The van der Waals surface area contributed by atoms with Gasteiger partial charge in [-0.25, -0.2) is 4.39 Å². The highest BCUT2D eigenvalue weighted by Crippen LogP contribution is 2.24. The van der Waals surface area contributed by atoms with Crippen molar-refractivity contribution in [3.8, 4) is 0 Å². The molecule has 0 spiro atoms. The van der Waals surface area contributed by atoms with Gasteiger partial charge in [-0.1, -0.05) is 6.92 Å². The number of halogens is 2. The third kappa shape index (κ3) is 2.99. The fourth-order valence-electron chi connectivity index (χ4n) is 2.33. The molecule has 1 aliphatic rings. The molecule has 0 saturated carbocycles. The van der Waals surface area contributed by atoms with Crippen LogP contribution in [0.15, 0.2) is 12.1 Å². The summed E-state index contributed by atoms with van der Waals surface area (Å²) in [7, 11) is 0. The summed E-state index contributed by atoms with van der Waals surface area (Å²) in [5, 5.41) is 20.3. The Morgan fingerprint density at radius 1 is 1.43 bits per heavy atom. The zero-order valence-corrected chi connectivity index (χ0v) is 11.3. The van der Waals surface area contributed by atoms with E-state index < -0.39 is 39.8 Å². The van der Waals surface area contributed by atoms with Gasteiger partial charge in [-0.2, -0.15) is 4.39 Å². The van der Waals surface area contributed by atoms with Crippen molar-refractivity contribution in [3.63, 3.8) is 0 Å². The number of piperidine rings is 1. The summed E-state index contributed by atoms with van der Waals surface area (Å²) in [5.74, 6) is -3.38. The first kappa shape index (κ1) is 15.3. The third-order valence-electron chi connectivity index (χ3n) is 3.61. The van der Waals surface area contributed by atoms with Gasteiger partial charge in [0.15, 0.2) is 0 Å². The van der Waals surface area contributed by atoms with Crippen molar-refractivity contribution < 1.29 is 23.6 Å². The summed E-state index contributed by atoms with van der Waals surface area (Å²) in [6.07, 6.45) is -0.195. The SMILES string of the molecule is CC1CN(C(=O)c2cc([N+](=O)[O-])c(F)cc2F)CCC1O. The van der Waals surface area contributed by atoms with Crippen LogP contribution in [-0.2, 0) is 0 Å². The van der Waals surface area contributed by atoms with Crippen LogP contribution in [0.25, 0.3) is 0 Å². The van der Waals surface area contributed by atoms with Crippen LogP contribution >= 0.6 is 0 Å². The van der Waals surface area contributed by atoms with Crippen molar-refractivity contribution in [2.75, 3.05) is 13.1 Å². The van der Waals surface area contributed by atoms with Gasteiger partial charge < -0.3 is 10.0 Å². The quantitative estimate of drug-likeness (QED) is 0.666. The molecule has 21 heavy (non-hydrogen) atoms. The number of aliphatic hydroxyl groups is 1. The smallest absolute Gasteiger partial charge is 0.305 e. The largest absolute Gasteiger partial charge is 0.393 e. The van der Waals surface area contributed by atoms with Crippen LogP contribution in [0, 0.1) is 27.7 Å². The number of hydrogen-bond acceptors (Lipinski definition) is 4. The van der Waals surface area contributed by atoms with Crippen LogP contribution in [0.5, 0.6) is 0 Å². The molecule has 1 aromatic rings. The molecular weight excluding hydrogens is 286 g/mol. The second-order valence-electron chi connectivity index (χ2n) is 5.13. The van der Waals surface area contributed by atoms with Crippen molar-refractivity contribution in [2.45, 2.75) is 19.4 Å². The molecule has 1 saturated heterocycles. The monoisotopic (exact) mass is 300 g/mol. The summed E-state index contributed by atoms with van der Waals surface area (Å²) in [5.41, 5.74) is -1.48. The van der Waals surface area contributed by atoms with Gasteiger partial charge in [-0.3, -0.25) is 14.9 Å². The highest BCUT2D eigenvalue weighted by molar-refractivity contribution is 5.95. The van der Waals surface area contributed by atoms with E-state index in [1.54, 1.807) is 6.92 Å². The number of nitro benzene ring substituents is 1. The molecular formula is C13H14F2N2O4. The Labute approximate surface area is 119 Å². The van der Waals surface area contributed by atoms with E-state index >= 15 is 0 Å². The highest BCUT2D eigenvalue weighted by Gasteiger charge is 2.30. The Kier molecular flexibility index (Phi) is 4.17. The lowest BCUT2D eigenvalue weighted by Gasteiger charge is -2.34. The number of carbonyl (C=O) groups excluding carboxylic acids is 1. The molecule has 114 valence electrons. The molecule has 1 amide bonds. The van der Waals surface area contributed by atoms with Crippen molar-refractivity contribution >= 4 is 11.6 Å². The van der Waals surface area contributed by atoms with E-state index in [9.17, 15) is 28.8 Å². The van der Waals surface area contributed by atoms with Crippen molar-refractivity contribution in [2.24, 2.45) is 5.92 Å². The zero-order valence-electron chi connectivity index (χ0n) is 11.3. The first-order valence-electron chi connectivity index (χ1n) is 6.42. The number of nitrogens with zero attached hydrogens (tertiary/aromatic N) is 2. The number of hydrogen-bond donors (Lipinski definition) is 1. The number of likely N-dealkylation sites (tertiary alicyclic amines) is 1. The topological polar surface area (TPSA) is 83.7 Å². The number of carbonyl (C=O) groups is 1. The Bertz CT molecular complexity index is 594. The maximum atomic E-state index is 13.7. The molecule has 0 bridgehead atoms. The molecule has 1 aromatic carbocycles. The van der Waals surface area contributed by atoms with Gasteiger partial charge >= 0.3 is 5.69 Å². The molecule has 8 heteroatoms. The van der Waals surface area contributed by atoms with Crippen LogP contribution in [0.4, 0.5) is 14.5 Å². The lowest BCUT2D eigenvalue weighted by Crippen LogP contribution is -2.45. The number of nitro groups is 1. The van der Waals surface area contributed by atoms with Crippen molar-refractivity contribution in [3.05, 3.63) is 39.4 Å².